The van der Waals surface area contributed by atoms with Crippen LogP contribution in [-0.2, 0) is 4.74 Å². The molecule has 6 N–H and O–H groups in total. The zero-order chi connectivity index (χ0) is 13.9. The highest BCUT2D eigenvalue weighted by atomic mass is 32.1. The van der Waals surface area contributed by atoms with Gasteiger partial charge in [-0.15, -0.1) is 0 Å². The molecule has 0 aromatic carbocycles. The van der Waals surface area contributed by atoms with Crippen molar-refractivity contribution in [3.8, 4) is 0 Å². The fourth-order valence-corrected chi connectivity index (χ4v) is 1.59. The highest BCUT2D eigenvalue weighted by Crippen LogP contribution is 2.18. The van der Waals surface area contributed by atoms with Gasteiger partial charge in [0.05, 0.1) is 6.61 Å². The molecule has 0 radical (unpaired) electrons. The third-order valence-corrected chi connectivity index (χ3v) is 2.86. The van der Waals surface area contributed by atoms with Crippen molar-refractivity contribution in [1.82, 2.24) is 9.55 Å². The number of nitrogens with one attached hydrogen (secondary N) is 1. The molecule has 102 valence electrons. The Morgan fingerprint density at radius 3 is 2.72 bits per heavy atom. The van der Waals surface area contributed by atoms with E-state index in [2.05, 4.69) is 4.98 Å². The van der Waals surface area contributed by atoms with Crippen LogP contribution < -0.4 is 11.3 Å². The first-order valence-corrected chi connectivity index (χ1v) is 5.39. The average Bonchev–Trinajstić information content (AvgIpc) is 2.36. The van der Waals surface area contributed by atoms with E-state index in [0.717, 1.165) is 10.6 Å². The van der Waals surface area contributed by atoms with Crippen molar-refractivity contribution in [3.05, 3.63) is 27.4 Å². The van der Waals surface area contributed by atoms with Gasteiger partial charge in [0.2, 0.25) is 0 Å². The van der Waals surface area contributed by atoms with Gasteiger partial charge < -0.3 is 20.1 Å². The smallest absolute Gasteiger partial charge is 0.251 e. The van der Waals surface area contributed by atoms with Crippen LogP contribution in [0.5, 0.6) is 0 Å². The summed E-state index contributed by atoms with van der Waals surface area (Å²) in [7, 11) is 1.18. The maximum atomic E-state index is 11.0. The van der Waals surface area contributed by atoms with Crippen molar-refractivity contribution in [1.29, 1.82) is 0 Å². The number of aliphatic hydroxyl groups excluding tert-OH is 3. The summed E-state index contributed by atoms with van der Waals surface area (Å²) in [5, 5.41) is 28.8. The summed E-state index contributed by atoms with van der Waals surface area (Å²) in [6.07, 6.45) is -2.03. The van der Waals surface area contributed by atoms with E-state index >= 15 is 0 Å². The summed E-state index contributed by atoms with van der Waals surface area (Å²) in [4.78, 5) is 13.2. The van der Waals surface area contributed by atoms with Gasteiger partial charge in [0, 0.05) is 19.4 Å². The maximum Gasteiger partial charge on any atom is 0.251 e. The Bertz CT molecular complexity index is 509. The average molecular weight is 277 g/mol. The molecular formula is C9H15N3O5S. The van der Waals surface area contributed by atoms with Crippen molar-refractivity contribution >= 4 is 12.2 Å². The molecule has 18 heavy (non-hydrogen) atoms. The number of hydrogen-bond donors (Lipinski definition) is 5. The van der Waals surface area contributed by atoms with Crippen LogP contribution in [0.4, 0.5) is 0 Å². The Labute approximate surface area is 107 Å². The molecule has 8 nitrogen and oxygen atoms in total. The van der Waals surface area contributed by atoms with E-state index in [4.69, 9.17) is 27.8 Å². The molecule has 0 amide bonds. The summed E-state index contributed by atoms with van der Waals surface area (Å²) in [6, 6.07) is 1.12. The Balaban J connectivity index is 3.10. The van der Waals surface area contributed by atoms with Crippen LogP contribution in [0.1, 0.15) is 6.23 Å². The molecule has 3 unspecified atom stereocenters. The number of H-pyrrole nitrogens is 1. The van der Waals surface area contributed by atoms with Crippen LogP contribution in [0.25, 0.3) is 0 Å². The monoisotopic (exact) mass is 277 g/mol. The summed E-state index contributed by atoms with van der Waals surface area (Å²) in [5.41, 5.74) is 3.27. The molecule has 1 heterocycles. The number of nitrogens with two attached hydrogens (primary N) is 1. The lowest BCUT2D eigenvalue weighted by molar-refractivity contribution is -0.177. The minimum absolute atomic E-state index is 0.0922. The number of aliphatic hydroxyl groups is 3. The van der Waals surface area contributed by atoms with Crippen molar-refractivity contribution in [2.24, 2.45) is 5.73 Å². The minimum atomic E-state index is -1.84. The standard InChI is InChI=1S/C9H15N3O5S/c1-17-9(10,4-13)6(15)7(16)12-3-2-5(14)11-8(12)18/h2-3,6-7,13,15-16H,4,10H2,1H3,(H,11,14,18). The summed E-state index contributed by atoms with van der Waals surface area (Å²) < 4.78 is 5.69. The Hall–Kier alpha value is -1.10. The molecule has 0 bridgehead atoms. The van der Waals surface area contributed by atoms with E-state index in [0.29, 0.717) is 0 Å². The molecule has 0 aliphatic heterocycles. The van der Waals surface area contributed by atoms with Crippen molar-refractivity contribution < 1.29 is 20.1 Å². The summed E-state index contributed by atoms with van der Waals surface area (Å²) in [6.45, 7) is -0.710. The van der Waals surface area contributed by atoms with Crippen molar-refractivity contribution in [2.45, 2.75) is 18.1 Å². The van der Waals surface area contributed by atoms with E-state index < -0.39 is 30.2 Å². The highest BCUT2D eigenvalue weighted by Gasteiger charge is 2.39. The molecule has 0 fully saturated rings. The van der Waals surface area contributed by atoms with Crippen LogP contribution in [0, 0.1) is 4.77 Å². The summed E-state index contributed by atoms with van der Waals surface area (Å²) >= 11 is 4.82. The summed E-state index contributed by atoms with van der Waals surface area (Å²) in [5.74, 6) is 0. The molecule has 0 aliphatic rings. The second-order valence-corrected chi connectivity index (χ2v) is 4.08. The largest absolute Gasteiger partial charge is 0.392 e. The van der Waals surface area contributed by atoms with Crippen LogP contribution in [-0.4, -0.2) is 50.4 Å². The van der Waals surface area contributed by atoms with E-state index in [-0.39, 0.29) is 4.77 Å². The molecule has 0 aliphatic carbocycles. The van der Waals surface area contributed by atoms with E-state index in [1.807, 2.05) is 0 Å². The molecule has 1 aromatic rings. The molecule has 1 rings (SSSR count). The zero-order valence-electron chi connectivity index (χ0n) is 9.61. The maximum absolute atomic E-state index is 11.0. The van der Waals surface area contributed by atoms with Crippen LogP contribution >= 0.6 is 12.2 Å². The molecule has 3 atom stereocenters. The van der Waals surface area contributed by atoms with Crippen molar-refractivity contribution in [3.63, 3.8) is 0 Å². The van der Waals surface area contributed by atoms with Gasteiger partial charge in [0.25, 0.3) is 5.56 Å². The topological polar surface area (TPSA) is 134 Å². The first kappa shape index (κ1) is 15.0. The van der Waals surface area contributed by atoms with Gasteiger partial charge >= 0.3 is 0 Å². The minimum Gasteiger partial charge on any atom is -0.392 e. The normalized spacial score (nSPS) is 18.1. The van der Waals surface area contributed by atoms with Crippen LogP contribution in [0.15, 0.2) is 17.1 Å². The second kappa shape index (κ2) is 5.69. The Morgan fingerprint density at radius 1 is 1.67 bits per heavy atom. The van der Waals surface area contributed by atoms with Gasteiger partial charge in [-0.1, -0.05) is 0 Å². The highest BCUT2D eigenvalue weighted by molar-refractivity contribution is 7.71. The second-order valence-electron chi connectivity index (χ2n) is 3.69. The third-order valence-electron chi connectivity index (χ3n) is 2.55. The lowest BCUT2D eigenvalue weighted by Gasteiger charge is -2.34. The predicted molar refractivity (Wildman–Crippen MR) is 64.2 cm³/mol. The van der Waals surface area contributed by atoms with Crippen LogP contribution in [0.3, 0.4) is 0 Å². The molecule has 9 heteroatoms. The fourth-order valence-electron chi connectivity index (χ4n) is 1.32. The molecule has 0 saturated carbocycles. The van der Waals surface area contributed by atoms with Gasteiger partial charge in [-0.25, -0.2) is 0 Å². The molecule has 0 spiro atoms. The van der Waals surface area contributed by atoms with Gasteiger partial charge in [-0.2, -0.15) is 0 Å². The SMILES string of the molecule is COC(N)(CO)C(O)C(O)n1ccc(=O)[nH]c1=S. The van der Waals surface area contributed by atoms with Crippen molar-refractivity contribution in [2.75, 3.05) is 13.7 Å². The Morgan fingerprint density at radius 2 is 2.28 bits per heavy atom. The molecule has 1 aromatic heterocycles. The number of methoxy groups -OCH3 is 1. The number of aromatic amines is 1. The number of aromatic nitrogens is 2. The van der Waals surface area contributed by atoms with E-state index in [1.54, 1.807) is 0 Å². The van der Waals surface area contributed by atoms with Crippen LogP contribution in [0.2, 0.25) is 0 Å². The molecular weight excluding hydrogens is 262 g/mol. The number of nitrogens with zero attached hydrogens (tertiary/aromatic N) is 1. The fraction of sp³-hybridized carbons (Fsp3) is 0.556. The van der Waals surface area contributed by atoms with Gasteiger partial charge in [0.1, 0.15) is 6.10 Å². The first-order chi connectivity index (χ1) is 8.35. The van der Waals surface area contributed by atoms with E-state index in [9.17, 15) is 15.0 Å². The Kier molecular flexibility index (Phi) is 4.73. The molecule has 0 saturated heterocycles. The quantitative estimate of drug-likeness (QED) is 0.312. The number of hydrogen-bond acceptors (Lipinski definition) is 7. The van der Waals surface area contributed by atoms with E-state index in [1.165, 1.54) is 13.3 Å². The van der Waals surface area contributed by atoms with Gasteiger partial charge in [-0.3, -0.25) is 20.1 Å². The number of rotatable bonds is 5. The van der Waals surface area contributed by atoms with Gasteiger partial charge in [0.15, 0.2) is 16.7 Å². The number of ether oxygens (including phenoxy) is 1. The van der Waals surface area contributed by atoms with Gasteiger partial charge in [-0.05, 0) is 12.2 Å². The lowest BCUT2D eigenvalue weighted by Crippen LogP contribution is -2.58. The zero-order valence-corrected chi connectivity index (χ0v) is 10.4. The third kappa shape index (κ3) is 2.83. The predicted octanol–water partition coefficient (Wildman–Crippen LogP) is -1.95. The lowest BCUT2D eigenvalue weighted by atomic mass is 10.1. The first-order valence-electron chi connectivity index (χ1n) is 4.98.